The Bertz CT molecular complexity index is 306. The third-order valence-electron chi connectivity index (χ3n) is 2.39. The highest BCUT2D eigenvalue weighted by molar-refractivity contribution is 7.87. The first kappa shape index (κ1) is 12.9. The molecule has 1 unspecified atom stereocenters. The maximum absolute atomic E-state index is 12.0. The first-order chi connectivity index (χ1) is 6.71. The molecule has 0 radical (unpaired) electrons. The van der Waals surface area contributed by atoms with Gasteiger partial charge >= 0.3 is 0 Å². The van der Waals surface area contributed by atoms with E-state index in [-0.39, 0.29) is 0 Å². The predicted octanol–water partition coefficient (Wildman–Crippen LogP) is 1.35. The molecule has 1 aliphatic rings. The standard InChI is InChI=1S/C10H22N2O2S/c1-9-6-5-7-12(8-9)15(13,14)11-10(2,3)4/h9,11H,5-8H2,1-4H3. The highest BCUT2D eigenvalue weighted by Gasteiger charge is 2.29. The molecule has 0 spiro atoms. The molecule has 90 valence electrons. The SMILES string of the molecule is CC1CCCN(S(=O)(=O)NC(C)(C)C)C1. The lowest BCUT2D eigenvalue weighted by molar-refractivity contribution is 0.274. The Balaban J connectivity index is 2.69. The van der Waals surface area contributed by atoms with Gasteiger partial charge in [-0.25, -0.2) is 0 Å². The third kappa shape index (κ3) is 4.09. The molecule has 0 aromatic heterocycles. The molecule has 0 aliphatic carbocycles. The van der Waals surface area contributed by atoms with E-state index in [4.69, 9.17) is 0 Å². The van der Waals surface area contributed by atoms with Crippen LogP contribution in [0.1, 0.15) is 40.5 Å². The van der Waals surface area contributed by atoms with E-state index in [2.05, 4.69) is 11.6 Å². The van der Waals surface area contributed by atoms with Crippen LogP contribution in [0.15, 0.2) is 0 Å². The van der Waals surface area contributed by atoms with Crippen molar-refractivity contribution in [1.29, 1.82) is 0 Å². The second kappa shape index (κ2) is 4.39. The van der Waals surface area contributed by atoms with Gasteiger partial charge in [0.1, 0.15) is 0 Å². The molecule has 0 amide bonds. The minimum Gasteiger partial charge on any atom is -0.197 e. The van der Waals surface area contributed by atoms with E-state index in [0.29, 0.717) is 19.0 Å². The van der Waals surface area contributed by atoms with E-state index in [0.717, 1.165) is 12.8 Å². The van der Waals surface area contributed by atoms with E-state index in [9.17, 15) is 8.42 Å². The molecule has 1 N–H and O–H groups in total. The number of hydrogen-bond donors (Lipinski definition) is 1. The molecule has 0 aromatic rings. The Hall–Kier alpha value is -0.130. The summed E-state index contributed by atoms with van der Waals surface area (Å²) < 4.78 is 28.2. The highest BCUT2D eigenvalue weighted by Crippen LogP contribution is 2.18. The van der Waals surface area contributed by atoms with Crippen LogP contribution in [0.4, 0.5) is 0 Å². The highest BCUT2D eigenvalue weighted by atomic mass is 32.2. The molecule has 1 saturated heterocycles. The average molecular weight is 234 g/mol. The number of hydrogen-bond acceptors (Lipinski definition) is 2. The zero-order valence-corrected chi connectivity index (χ0v) is 10.9. The summed E-state index contributed by atoms with van der Waals surface area (Å²) in [7, 11) is -3.29. The summed E-state index contributed by atoms with van der Waals surface area (Å²) in [5.41, 5.74) is -0.403. The number of nitrogens with zero attached hydrogens (tertiary/aromatic N) is 1. The number of rotatable bonds is 2. The van der Waals surface area contributed by atoms with Crippen molar-refractivity contribution >= 4 is 10.2 Å². The second-order valence-corrected chi connectivity index (χ2v) is 7.13. The summed E-state index contributed by atoms with van der Waals surface area (Å²) in [4.78, 5) is 0. The van der Waals surface area contributed by atoms with Gasteiger partial charge in [0.15, 0.2) is 0 Å². The van der Waals surface area contributed by atoms with Gasteiger partial charge in [0, 0.05) is 18.6 Å². The van der Waals surface area contributed by atoms with Gasteiger partial charge in [0.2, 0.25) is 0 Å². The largest absolute Gasteiger partial charge is 0.279 e. The summed E-state index contributed by atoms with van der Waals surface area (Å²) in [5, 5.41) is 0. The van der Waals surface area contributed by atoms with Gasteiger partial charge in [-0.15, -0.1) is 0 Å². The van der Waals surface area contributed by atoms with Crippen molar-refractivity contribution in [3.63, 3.8) is 0 Å². The minimum absolute atomic E-state index is 0.403. The maximum Gasteiger partial charge on any atom is 0.279 e. The van der Waals surface area contributed by atoms with Crippen LogP contribution in [-0.4, -0.2) is 31.4 Å². The first-order valence-corrected chi connectivity index (χ1v) is 6.94. The molecule has 1 rings (SSSR count). The fourth-order valence-corrected chi connectivity index (χ4v) is 3.54. The molecule has 15 heavy (non-hydrogen) atoms. The van der Waals surface area contributed by atoms with Gasteiger partial charge in [0.05, 0.1) is 0 Å². The Morgan fingerprint density at radius 3 is 2.40 bits per heavy atom. The summed E-state index contributed by atoms with van der Waals surface area (Å²) >= 11 is 0. The van der Waals surface area contributed by atoms with Crippen molar-refractivity contribution in [1.82, 2.24) is 9.03 Å². The first-order valence-electron chi connectivity index (χ1n) is 5.50. The lowest BCUT2D eigenvalue weighted by Crippen LogP contribution is -2.51. The molecule has 5 heteroatoms. The van der Waals surface area contributed by atoms with Gasteiger partial charge in [-0.3, -0.25) is 0 Å². The smallest absolute Gasteiger partial charge is 0.197 e. The average Bonchev–Trinajstić information content (AvgIpc) is 1.99. The van der Waals surface area contributed by atoms with Crippen LogP contribution in [0.5, 0.6) is 0 Å². The van der Waals surface area contributed by atoms with Gasteiger partial charge < -0.3 is 0 Å². The van der Waals surface area contributed by atoms with Crippen LogP contribution in [0.2, 0.25) is 0 Å². The van der Waals surface area contributed by atoms with Gasteiger partial charge in [-0.2, -0.15) is 17.4 Å². The van der Waals surface area contributed by atoms with Crippen molar-refractivity contribution in [2.24, 2.45) is 5.92 Å². The molecule has 1 heterocycles. The summed E-state index contributed by atoms with van der Waals surface area (Å²) in [6.45, 7) is 8.97. The molecular formula is C10H22N2O2S. The topological polar surface area (TPSA) is 49.4 Å². The third-order valence-corrected chi connectivity index (χ3v) is 4.28. The molecule has 0 aromatic carbocycles. The fourth-order valence-electron chi connectivity index (χ4n) is 1.82. The monoisotopic (exact) mass is 234 g/mol. The molecule has 4 nitrogen and oxygen atoms in total. The van der Waals surface area contributed by atoms with Gasteiger partial charge in [-0.05, 0) is 39.5 Å². The molecule has 0 saturated carbocycles. The van der Waals surface area contributed by atoms with E-state index in [1.54, 1.807) is 4.31 Å². The molecule has 1 fully saturated rings. The van der Waals surface area contributed by atoms with E-state index < -0.39 is 15.7 Å². The van der Waals surface area contributed by atoms with Crippen LogP contribution in [-0.2, 0) is 10.2 Å². The quantitative estimate of drug-likeness (QED) is 0.784. The lowest BCUT2D eigenvalue weighted by Gasteiger charge is -2.32. The van der Waals surface area contributed by atoms with Crippen molar-refractivity contribution in [3.8, 4) is 0 Å². The molecule has 1 aliphatic heterocycles. The molecule has 1 atom stereocenters. The number of piperidine rings is 1. The van der Waals surface area contributed by atoms with Gasteiger partial charge in [0.25, 0.3) is 10.2 Å². The van der Waals surface area contributed by atoms with Crippen LogP contribution in [0.3, 0.4) is 0 Å². The van der Waals surface area contributed by atoms with Crippen molar-refractivity contribution < 1.29 is 8.42 Å². The van der Waals surface area contributed by atoms with Crippen LogP contribution < -0.4 is 4.72 Å². The van der Waals surface area contributed by atoms with Crippen molar-refractivity contribution in [2.75, 3.05) is 13.1 Å². The summed E-state index contributed by atoms with van der Waals surface area (Å²) in [6.07, 6.45) is 2.09. The van der Waals surface area contributed by atoms with Crippen LogP contribution in [0, 0.1) is 5.92 Å². The number of nitrogens with one attached hydrogen (secondary N) is 1. The normalized spacial score (nSPS) is 25.5. The Labute approximate surface area is 93.2 Å². The van der Waals surface area contributed by atoms with Crippen LogP contribution in [0.25, 0.3) is 0 Å². The Morgan fingerprint density at radius 1 is 1.33 bits per heavy atom. The minimum atomic E-state index is -3.29. The van der Waals surface area contributed by atoms with E-state index >= 15 is 0 Å². The van der Waals surface area contributed by atoms with E-state index in [1.165, 1.54) is 0 Å². The summed E-state index contributed by atoms with van der Waals surface area (Å²) in [6, 6.07) is 0. The van der Waals surface area contributed by atoms with E-state index in [1.807, 2.05) is 20.8 Å². The second-order valence-electron chi connectivity index (χ2n) is 5.46. The Kier molecular flexibility index (Phi) is 3.79. The molecular weight excluding hydrogens is 212 g/mol. The summed E-state index contributed by atoms with van der Waals surface area (Å²) in [5.74, 6) is 0.468. The zero-order valence-electron chi connectivity index (χ0n) is 10.1. The zero-order chi connectivity index (χ0) is 11.7. The van der Waals surface area contributed by atoms with Crippen molar-refractivity contribution in [3.05, 3.63) is 0 Å². The maximum atomic E-state index is 12.0. The van der Waals surface area contributed by atoms with Crippen LogP contribution >= 0.6 is 0 Å². The fraction of sp³-hybridized carbons (Fsp3) is 1.00. The van der Waals surface area contributed by atoms with Gasteiger partial charge in [-0.1, -0.05) is 6.92 Å². The lowest BCUT2D eigenvalue weighted by atomic mass is 10.0. The molecule has 0 bridgehead atoms. The Morgan fingerprint density at radius 2 is 1.93 bits per heavy atom. The predicted molar refractivity (Wildman–Crippen MR) is 61.8 cm³/mol. The van der Waals surface area contributed by atoms with Crippen molar-refractivity contribution in [2.45, 2.75) is 46.1 Å².